The molecule has 0 aromatic carbocycles. The molecule has 0 aliphatic carbocycles. The molecule has 0 bridgehead atoms. The molecule has 1 unspecified atom stereocenters. The molecule has 1 saturated heterocycles. The minimum atomic E-state index is -0.881. The first-order chi connectivity index (χ1) is 9.45. The average Bonchev–Trinajstić information content (AvgIpc) is 2.39. The van der Waals surface area contributed by atoms with Crippen molar-refractivity contribution >= 4 is 12.0 Å². The lowest BCUT2D eigenvalue weighted by molar-refractivity contribution is -0.142. The van der Waals surface area contributed by atoms with Crippen molar-refractivity contribution in [3.63, 3.8) is 0 Å². The topological polar surface area (TPSA) is 93.1 Å². The molecule has 1 aliphatic heterocycles. The zero-order chi connectivity index (χ0) is 15.1. The normalized spacial score (nSPS) is 18.1. The molecular formula is C13H25N3O4. The number of carbonyl (C=O) groups excluding carboxylic acids is 1. The Morgan fingerprint density at radius 2 is 1.80 bits per heavy atom. The lowest BCUT2D eigenvalue weighted by Gasteiger charge is -2.34. The molecule has 1 aliphatic rings. The van der Waals surface area contributed by atoms with E-state index >= 15 is 0 Å². The molecule has 1 heterocycles. The van der Waals surface area contributed by atoms with Crippen molar-refractivity contribution in [2.75, 3.05) is 45.9 Å². The Morgan fingerprint density at radius 3 is 2.25 bits per heavy atom. The quantitative estimate of drug-likeness (QED) is 0.621. The Morgan fingerprint density at radius 1 is 1.20 bits per heavy atom. The van der Waals surface area contributed by atoms with E-state index in [4.69, 9.17) is 10.2 Å². The third-order valence-corrected chi connectivity index (χ3v) is 3.67. The minimum Gasteiger partial charge on any atom is -0.481 e. The minimum absolute atomic E-state index is 0.0193. The van der Waals surface area contributed by atoms with Crippen molar-refractivity contribution in [1.29, 1.82) is 0 Å². The molecule has 0 aromatic heterocycles. The van der Waals surface area contributed by atoms with Gasteiger partial charge in [-0.05, 0) is 5.92 Å². The van der Waals surface area contributed by atoms with Gasteiger partial charge < -0.3 is 20.4 Å². The molecule has 0 saturated carbocycles. The van der Waals surface area contributed by atoms with Crippen LogP contribution in [0.25, 0.3) is 0 Å². The summed E-state index contributed by atoms with van der Waals surface area (Å²) in [6.07, 6.45) is 0. The maximum atomic E-state index is 12.0. The Balaban J connectivity index is 2.35. The smallest absolute Gasteiger partial charge is 0.317 e. The molecule has 20 heavy (non-hydrogen) atoms. The van der Waals surface area contributed by atoms with Crippen LogP contribution in [-0.4, -0.2) is 77.9 Å². The highest BCUT2D eigenvalue weighted by atomic mass is 16.4. The number of carboxylic acids is 1. The highest BCUT2D eigenvalue weighted by molar-refractivity contribution is 5.76. The monoisotopic (exact) mass is 287 g/mol. The van der Waals surface area contributed by atoms with Crippen LogP contribution in [0.2, 0.25) is 0 Å². The average molecular weight is 287 g/mol. The summed E-state index contributed by atoms with van der Waals surface area (Å²) in [6, 6.07) is -0.208. The molecule has 0 radical (unpaired) electrons. The summed E-state index contributed by atoms with van der Waals surface area (Å²) in [5.41, 5.74) is 0. The van der Waals surface area contributed by atoms with Crippen LogP contribution in [0.5, 0.6) is 0 Å². The molecule has 0 aromatic rings. The number of aliphatic hydroxyl groups excluding tert-OH is 1. The number of β-amino-alcohol motifs (C(OH)–C–C–N with tert-alkyl or cyclic N) is 1. The van der Waals surface area contributed by atoms with Gasteiger partial charge in [0.2, 0.25) is 0 Å². The van der Waals surface area contributed by atoms with Crippen molar-refractivity contribution < 1.29 is 19.8 Å². The number of nitrogens with one attached hydrogen (secondary N) is 1. The van der Waals surface area contributed by atoms with E-state index in [1.165, 1.54) is 0 Å². The molecule has 7 heteroatoms. The summed E-state index contributed by atoms with van der Waals surface area (Å²) in [5.74, 6) is -1.46. The number of hydrogen-bond acceptors (Lipinski definition) is 4. The van der Waals surface area contributed by atoms with Crippen LogP contribution in [0.15, 0.2) is 0 Å². The van der Waals surface area contributed by atoms with Gasteiger partial charge in [0.1, 0.15) is 0 Å². The van der Waals surface area contributed by atoms with Gasteiger partial charge in [-0.25, -0.2) is 4.79 Å². The van der Waals surface area contributed by atoms with E-state index in [1.807, 2.05) is 13.8 Å². The molecule has 0 spiro atoms. The number of amides is 2. The number of nitrogens with zero attached hydrogens (tertiary/aromatic N) is 2. The van der Waals surface area contributed by atoms with Crippen LogP contribution in [0.4, 0.5) is 4.79 Å². The van der Waals surface area contributed by atoms with Crippen LogP contribution in [-0.2, 0) is 4.79 Å². The maximum Gasteiger partial charge on any atom is 0.317 e. The van der Waals surface area contributed by atoms with E-state index in [2.05, 4.69) is 10.2 Å². The summed E-state index contributed by atoms with van der Waals surface area (Å²) >= 11 is 0. The summed E-state index contributed by atoms with van der Waals surface area (Å²) in [4.78, 5) is 26.8. The number of rotatable bonds is 6. The predicted molar refractivity (Wildman–Crippen MR) is 74.5 cm³/mol. The van der Waals surface area contributed by atoms with Crippen molar-refractivity contribution in [3.8, 4) is 0 Å². The highest BCUT2D eigenvalue weighted by Gasteiger charge is 2.25. The second-order valence-corrected chi connectivity index (χ2v) is 5.43. The van der Waals surface area contributed by atoms with Gasteiger partial charge in [-0.2, -0.15) is 0 Å². The number of hydrogen-bond donors (Lipinski definition) is 3. The molecule has 1 rings (SSSR count). The van der Waals surface area contributed by atoms with Crippen LogP contribution < -0.4 is 5.32 Å². The van der Waals surface area contributed by atoms with E-state index in [-0.39, 0.29) is 25.1 Å². The Bertz CT molecular complexity index is 328. The van der Waals surface area contributed by atoms with Crippen LogP contribution in [0.1, 0.15) is 13.8 Å². The SMILES string of the molecule is CC(C)C(CNC(=O)N1CCN(CCO)CC1)C(=O)O. The van der Waals surface area contributed by atoms with Gasteiger partial charge >= 0.3 is 12.0 Å². The number of carboxylic acid groups (broad SMARTS) is 1. The number of piperazine rings is 1. The number of carbonyl (C=O) groups is 2. The first kappa shape index (κ1) is 16.7. The van der Waals surface area contributed by atoms with Gasteiger partial charge in [0.25, 0.3) is 0 Å². The second kappa shape index (κ2) is 8.06. The molecule has 2 amide bonds. The van der Waals surface area contributed by atoms with Crippen molar-refractivity contribution in [1.82, 2.24) is 15.1 Å². The molecule has 1 fully saturated rings. The molecule has 3 N–H and O–H groups in total. The van der Waals surface area contributed by atoms with Gasteiger partial charge in [0.15, 0.2) is 0 Å². The second-order valence-electron chi connectivity index (χ2n) is 5.43. The lowest BCUT2D eigenvalue weighted by Crippen LogP contribution is -2.53. The Kier molecular flexibility index (Phi) is 6.74. The van der Waals surface area contributed by atoms with E-state index < -0.39 is 11.9 Å². The summed E-state index contributed by atoms with van der Waals surface area (Å²) in [6.45, 7) is 7.25. The summed E-state index contributed by atoms with van der Waals surface area (Å²) in [7, 11) is 0. The standard InChI is InChI=1S/C13H25N3O4/c1-10(2)11(12(18)19)9-14-13(20)16-5-3-15(4-6-16)7-8-17/h10-11,17H,3-9H2,1-2H3,(H,14,20)(H,18,19). The lowest BCUT2D eigenvalue weighted by atomic mass is 9.96. The van der Waals surface area contributed by atoms with E-state index in [9.17, 15) is 9.59 Å². The first-order valence-corrected chi connectivity index (χ1v) is 7.04. The summed E-state index contributed by atoms with van der Waals surface area (Å²) < 4.78 is 0. The third kappa shape index (κ3) is 4.97. The molecule has 116 valence electrons. The van der Waals surface area contributed by atoms with Gasteiger partial charge in [-0.15, -0.1) is 0 Å². The highest BCUT2D eigenvalue weighted by Crippen LogP contribution is 2.10. The maximum absolute atomic E-state index is 12.0. The van der Waals surface area contributed by atoms with Gasteiger partial charge in [0, 0.05) is 39.3 Å². The van der Waals surface area contributed by atoms with Gasteiger partial charge in [0.05, 0.1) is 12.5 Å². The zero-order valence-corrected chi connectivity index (χ0v) is 12.2. The fraction of sp³-hybridized carbons (Fsp3) is 0.846. The van der Waals surface area contributed by atoms with Crippen LogP contribution >= 0.6 is 0 Å². The predicted octanol–water partition coefficient (Wildman–Crippen LogP) is -0.337. The van der Waals surface area contributed by atoms with Crippen molar-refractivity contribution in [3.05, 3.63) is 0 Å². The number of aliphatic hydroxyl groups is 1. The van der Waals surface area contributed by atoms with Crippen molar-refractivity contribution in [2.45, 2.75) is 13.8 Å². The molecular weight excluding hydrogens is 262 g/mol. The van der Waals surface area contributed by atoms with Crippen LogP contribution in [0, 0.1) is 11.8 Å². The number of urea groups is 1. The van der Waals surface area contributed by atoms with E-state index in [0.29, 0.717) is 19.6 Å². The fourth-order valence-corrected chi connectivity index (χ4v) is 2.23. The first-order valence-electron chi connectivity index (χ1n) is 7.04. The Hall–Kier alpha value is -1.34. The number of aliphatic carboxylic acids is 1. The van der Waals surface area contributed by atoms with E-state index in [0.717, 1.165) is 13.1 Å². The van der Waals surface area contributed by atoms with E-state index in [1.54, 1.807) is 4.90 Å². The largest absolute Gasteiger partial charge is 0.481 e. The van der Waals surface area contributed by atoms with Gasteiger partial charge in [-0.3, -0.25) is 9.69 Å². The summed E-state index contributed by atoms with van der Waals surface area (Å²) in [5, 5.41) is 20.6. The van der Waals surface area contributed by atoms with Crippen LogP contribution in [0.3, 0.4) is 0 Å². The Labute approximate surface area is 119 Å². The zero-order valence-electron chi connectivity index (χ0n) is 12.2. The van der Waals surface area contributed by atoms with Gasteiger partial charge in [-0.1, -0.05) is 13.8 Å². The molecule has 7 nitrogen and oxygen atoms in total. The molecule has 1 atom stereocenters. The van der Waals surface area contributed by atoms with Crippen molar-refractivity contribution in [2.24, 2.45) is 11.8 Å². The third-order valence-electron chi connectivity index (χ3n) is 3.67. The fourth-order valence-electron chi connectivity index (χ4n) is 2.23.